The van der Waals surface area contributed by atoms with Gasteiger partial charge in [-0.1, -0.05) is 35.4 Å². The molecule has 0 spiro atoms. The Bertz CT molecular complexity index is 725. The predicted molar refractivity (Wildman–Crippen MR) is 97.1 cm³/mol. The molecule has 1 aromatic carbocycles. The average Bonchev–Trinajstić information content (AvgIpc) is 3.07. The van der Waals surface area contributed by atoms with Crippen LogP contribution in [0.4, 0.5) is 0 Å². The molecule has 25 heavy (non-hydrogen) atoms. The summed E-state index contributed by atoms with van der Waals surface area (Å²) in [6, 6.07) is 6.58. The van der Waals surface area contributed by atoms with Crippen LogP contribution < -0.4 is 5.32 Å². The molecule has 132 valence electrons. The van der Waals surface area contributed by atoms with Gasteiger partial charge in [0.2, 0.25) is 0 Å². The Kier molecular flexibility index (Phi) is 6.77. The van der Waals surface area contributed by atoms with Crippen molar-refractivity contribution in [2.75, 3.05) is 6.54 Å². The van der Waals surface area contributed by atoms with Gasteiger partial charge in [-0.3, -0.25) is 4.99 Å². The summed E-state index contributed by atoms with van der Waals surface area (Å²) in [6.07, 6.45) is 8.48. The maximum Gasteiger partial charge on any atom is 0.328 e. The Balaban J connectivity index is 0.000000242. The minimum Gasteiger partial charge on any atom is -0.478 e. The third-order valence-corrected chi connectivity index (χ3v) is 4.13. The standard InChI is InChI=1S/C14H15ClN2.C4H4O4/c15-14-3-1-2-11-5-4-10(7-13(11)14)6-12-8-16-9-17-12;5-3(6)1-2-4(7)8/h1-3,7,9,12H,4-6,8H2,(H,16,17);1-2H,(H,5,6)(H,7,8). The molecule has 1 atom stereocenters. The van der Waals surface area contributed by atoms with E-state index in [-0.39, 0.29) is 0 Å². The second-order valence-electron chi connectivity index (χ2n) is 5.67. The van der Waals surface area contributed by atoms with Crippen molar-refractivity contribution in [3.8, 4) is 0 Å². The number of carboxylic acid groups (broad SMARTS) is 2. The van der Waals surface area contributed by atoms with Crippen molar-refractivity contribution in [2.24, 2.45) is 4.99 Å². The number of halogens is 1. The summed E-state index contributed by atoms with van der Waals surface area (Å²) in [4.78, 5) is 23.5. The molecule has 0 saturated carbocycles. The van der Waals surface area contributed by atoms with Crippen LogP contribution in [-0.4, -0.2) is 41.1 Å². The van der Waals surface area contributed by atoms with Gasteiger partial charge in [0, 0.05) is 23.7 Å². The number of fused-ring (bicyclic) bond motifs is 1. The van der Waals surface area contributed by atoms with Crippen LogP contribution in [0.15, 0.2) is 40.9 Å². The molecular weight excluding hydrogens is 344 g/mol. The van der Waals surface area contributed by atoms with E-state index in [0.29, 0.717) is 18.2 Å². The summed E-state index contributed by atoms with van der Waals surface area (Å²) in [5.41, 5.74) is 4.05. The number of nitrogens with zero attached hydrogens (tertiary/aromatic N) is 1. The zero-order valence-electron chi connectivity index (χ0n) is 13.5. The van der Waals surface area contributed by atoms with E-state index in [4.69, 9.17) is 21.8 Å². The van der Waals surface area contributed by atoms with Gasteiger partial charge in [0.1, 0.15) is 0 Å². The topological polar surface area (TPSA) is 99.0 Å². The smallest absolute Gasteiger partial charge is 0.328 e. The van der Waals surface area contributed by atoms with Crippen molar-refractivity contribution < 1.29 is 19.8 Å². The largest absolute Gasteiger partial charge is 0.478 e. The second-order valence-corrected chi connectivity index (χ2v) is 6.08. The molecule has 1 heterocycles. The Labute approximate surface area is 150 Å². The highest BCUT2D eigenvalue weighted by molar-refractivity contribution is 6.32. The molecule has 3 N–H and O–H groups in total. The number of aliphatic carboxylic acids is 2. The van der Waals surface area contributed by atoms with E-state index in [1.165, 1.54) is 16.7 Å². The van der Waals surface area contributed by atoms with Crippen molar-refractivity contribution >= 4 is 36.0 Å². The number of aliphatic imine (C=N–C) groups is 1. The molecule has 3 rings (SSSR count). The first kappa shape index (κ1) is 18.7. The number of nitrogens with one attached hydrogen (secondary N) is 1. The van der Waals surface area contributed by atoms with Crippen LogP contribution in [0.3, 0.4) is 0 Å². The molecule has 1 aromatic rings. The van der Waals surface area contributed by atoms with Gasteiger partial charge in [0.05, 0.1) is 12.4 Å². The number of hydrogen-bond donors (Lipinski definition) is 3. The summed E-state index contributed by atoms with van der Waals surface area (Å²) in [5.74, 6) is -2.51. The van der Waals surface area contributed by atoms with Crippen LogP contribution in [0.5, 0.6) is 0 Å². The summed E-state index contributed by atoms with van der Waals surface area (Å²) in [7, 11) is 0. The Hall–Kier alpha value is -2.60. The first-order chi connectivity index (χ1) is 12.0. The quantitative estimate of drug-likeness (QED) is 0.715. The maximum atomic E-state index is 9.55. The lowest BCUT2D eigenvalue weighted by atomic mass is 9.89. The van der Waals surface area contributed by atoms with Gasteiger partial charge < -0.3 is 15.5 Å². The Morgan fingerprint density at radius 3 is 2.56 bits per heavy atom. The molecule has 7 heteroatoms. The van der Waals surface area contributed by atoms with Crippen LogP contribution in [0, 0.1) is 0 Å². The van der Waals surface area contributed by atoms with Crippen molar-refractivity contribution in [2.45, 2.75) is 25.3 Å². The van der Waals surface area contributed by atoms with Gasteiger partial charge in [-0.25, -0.2) is 9.59 Å². The van der Waals surface area contributed by atoms with Crippen molar-refractivity contribution in [3.05, 3.63) is 52.1 Å². The number of benzene rings is 1. The highest BCUT2D eigenvalue weighted by atomic mass is 35.5. The lowest BCUT2D eigenvalue weighted by Crippen LogP contribution is -2.16. The van der Waals surface area contributed by atoms with Crippen molar-refractivity contribution in [3.63, 3.8) is 0 Å². The van der Waals surface area contributed by atoms with Crippen LogP contribution in [0.2, 0.25) is 5.02 Å². The molecular formula is C18H19ClN2O4. The van der Waals surface area contributed by atoms with Crippen molar-refractivity contribution in [1.82, 2.24) is 5.32 Å². The van der Waals surface area contributed by atoms with Gasteiger partial charge in [0.15, 0.2) is 0 Å². The van der Waals surface area contributed by atoms with Crippen LogP contribution in [0.1, 0.15) is 24.0 Å². The third-order valence-electron chi connectivity index (χ3n) is 3.80. The van der Waals surface area contributed by atoms with Gasteiger partial charge >= 0.3 is 11.9 Å². The monoisotopic (exact) mass is 362 g/mol. The Morgan fingerprint density at radius 1 is 1.24 bits per heavy atom. The molecule has 1 unspecified atom stereocenters. The van der Waals surface area contributed by atoms with E-state index >= 15 is 0 Å². The number of carboxylic acids is 2. The van der Waals surface area contributed by atoms with Crippen LogP contribution in [0.25, 0.3) is 6.08 Å². The Morgan fingerprint density at radius 2 is 1.96 bits per heavy atom. The maximum absolute atomic E-state index is 9.55. The minimum absolute atomic E-state index is 0.408. The number of carbonyl (C=O) groups is 2. The average molecular weight is 363 g/mol. The van der Waals surface area contributed by atoms with E-state index in [1.807, 2.05) is 18.5 Å². The minimum atomic E-state index is -1.26. The first-order valence-electron chi connectivity index (χ1n) is 7.81. The molecule has 1 aliphatic carbocycles. The van der Waals surface area contributed by atoms with E-state index in [9.17, 15) is 9.59 Å². The third kappa shape index (κ3) is 6.08. The fourth-order valence-electron chi connectivity index (χ4n) is 2.66. The summed E-state index contributed by atoms with van der Waals surface area (Å²) < 4.78 is 0. The van der Waals surface area contributed by atoms with Crippen molar-refractivity contribution in [1.29, 1.82) is 0 Å². The lowest BCUT2D eigenvalue weighted by molar-refractivity contribution is -0.134. The molecule has 0 radical (unpaired) electrons. The number of hydrogen-bond acceptors (Lipinski definition) is 4. The van der Waals surface area contributed by atoms with Gasteiger partial charge in [-0.15, -0.1) is 0 Å². The summed E-state index contributed by atoms with van der Waals surface area (Å²) in [6.45, 7) is 0.965. The molecule has 0 fully saturated rings. The zero-order valence-corrected chi connectivity index (χ0v) is 14.2. The van der Waals surface area contributed by atoms with E-state index < -0.39 is 11.9 Å². The molecule has 0 saturated heterocycles. The fraction of sp³-hybridized carbons (Fsp3) is 0.278. The van der Waals surface area contributed by atoms with E-state index in [2.05, 4.69) is 22.5 Å². The molecule has 0 aromatic heterocycles. The summed E-state index contributed by atoms with van der Waals surface area (Å²) in [5, 5.41) is 19.6. The number of rotatable bonds is 4. The SMILES string of the molecule is Clc1cccc2c1C=C(CC1CNC=N1)CC2.O=C(O)C=CC(=O)O. The fourth-order valence-corrected chi connectivity index (χ4v) is 2.91. The molecule has 2 aliphatic rings. The first-order valence-corrected chi connectivity index (χ1v) is 8.19. The van der Waals surface area contributed by atoms with Crippen LogP contribution >= 0.6 is 11.6 Å². The molecule has 6 nitrogen and oxygen atoms in total. The highest BCUT2D eigenvalue weighted by Crippen LogP contribution is 2.31. The summed E-state index contributed by atoms with van der Waals surface area (Å²) >= 11 is 6.24. The molecule has 0 bridgehead atoms. The van der Waals surface area contributed by atoms with Crippen LogP contribution in [-0.2, 0) is 16.0 Å². The second kappa shape index (κ2) is 9.03. The molecule has 1 aliphatic heterocycles. The van der Waals surface area contributed by atoms with E-state index in [1.54, 1.807) is 0 Å². The van der Waals surface area contributed by atoms with Gasteiger partial charge in [0.25, 0.3) is 0 Å². The molecule has 0 amide bonds. The lowest BCUT2D eigenvalue weighted by Gasteiger charge is -2.18. The normalized spacial score (nSPS) is 18.0. The van der Waals surface area contributed by atoms with E-state index in [0.717, 1.165) is 30.8 Å². The zero-order chi connectivity index (χ0) is 18.2. The van der Waals surface area contributed by atoms with Gasteiger partial charge in [-0.2, -0.15) is 0 Å². The van der Waals surface area contributed by atoms with Gasteiger partial charge in [-0.05, 0) is 36.5 Å². The highest BCUT2D eigenvalue weighted by Gasteiger charge is 2.17. The predicted octanol–water partition coefficient (Wildman–Crippen LogP) is 2.77. The number of aryl methyl sites for hydroxylation is 1.